The first-order valence-corrected chi connectivity index (χ1v) is 12.5. The number of anilines is 2. The zero-order valence-electron chi connectivity index (χ0n) is 21.9. The highest BCUT2D eigenvalue weighted by atomic mass is 19.1. The number of Topliss-reactive ketones (excluding diaryl/α,β-unsaturated/α-hetero) is 1. The number of rotatable bonds is 10. The van der Waals surface area contributed by atoms with Crippen LogP contribution in [0.1, 0.15) is 75.6 Å². The quantitative estimate of drug-likeness (QED) is 0.291. The van der Waals surface area contributed by atoms with Gasteiger partial charge in [0.15, 0.2) is 5.78 Å². The van der Waals surface area contributed by atoms with E-state index in [9.17, 15) is 14.0 Å². The van der Waals surface area contributed by atoms with Gasteiger partial charge in [-0.05, 0) is 44.4 Å². The molecule has 0 radical (unpaired) electrons. The van der Waals surface area contributed by atoms with Gasteiger partial charge in [-0.3, -0.25) is 14.6 Å². The van der Waals surface area contributed by atoms with Gasteiger partial charge in [-0.25, -0.2) is 14.4 Å². The molecule has 0 saturated heterocycles. The van der Waals surface area contributed by atoms with E-state index in [1.54, 1.807) is 18.3 Å². The van der Waals surface area contributed by atoms with E-state index < -0.39 is 12.1 Å². The van der Waals surface area contributed by atoms with Crippen LogP contribution in [-0.2, 0) is 4.79 Å². The van der Waals surface area contributed by atoms with Gasteiger partial charge in [-0.1, -0.05) is 45.9 Å². The molecule has 36 heavy (non-hydrogen) atoms. The fourth-order valence-electron chi connectivity index (χ4n) is 3.34. The molecule has 7 nitrogen and oxygen atoms in total. The summed E-state index contributed by atoms with van der Waals surface area (Å²) >= 11 is 0. The van der Waals surface area contributed by atoms with Crippen LogP contribution < -0.4 is 10.6 Å². The molecule has 2 N–H and O–H groups in total. The van der Waals surface area contributed by atoms with Crippen LogP contribution >= 0.6 is 0 Å². The second kappa shape index (κ2) is 14.0. The number of hydrogen-bond acceptors (Lipinski definition) is 6. The predicted molar refractivity (Wildman–Crippen MR) is 143 cm³/mol. The number of ketones is 1. The molecule has 2 aromatic heterocycles. The standard InChI is InChI=1S/C26H30FN5O2.C2H6/c1-5-8-10-20(31-23-14-28-22(11-16(23)4)24(33)7-3)17(9-6-2)21-13-25(30-15-29-21)32-26(34)18-12-19(18)27;1-2/h5,8-11,13-15,18-19,31H,6-7,12H2,1-4H3,(H,29,30,32,34);1-2H3/b8-5-,17-9-,20-10+;/t18-,19?;/m0./s1. The monoisotopic (exact) mass is 493 g/mol. The Morgan fingerprint density at radius 3 is 2.42 bits per heavy atom. The third kappa shape index (κ3) is 7.66. The SMILES string of the molecule is CC.C\C=C/C=C(Nc1cnc(C(=O)CC)cc1C)\C(=C\CC)c1cc(NC(=O)[C@H]2CC2F)ncn1. The number of pyridine rings is 1. The van der Waals surface area contributed by atoms with Gasteiger partial charge < -0.3 is 10.6 Å². The molecule has 1 saturated carbocycles. The molecule has 2 atom stereocenters. The highest BCUT2D eigenvalue weighted by Crippen LogP contribution is 2.34. The molecule has 0 aliphatic heterocycles. The number of alkyl halides is 1. The lowest BCUT2D eigenvalue weighted by atomic mass is 10.0. The van der Waals surface area contributed by atoms with Gasteiger partial charge in [-0.15, -0.1) is 0 Å². The number of nitrogens with one attached hydrogen (secondary N) is 2. The maximum atomic E-state index is 13.2. The Balaban J connectivity index is 0.00000222. The van der Waals surface area contributed by atoms with E-state index in [2.05, 4.69) is 25.6 Å². The summed E-state index contributed by atoms with van der Waals surface area (Å²) in [5.41, 5.74) is 4.26. The minimum Gasteiger partial charge on any atom is -0.354 e. The van der Waals surface area contributed by atoms with E-state index in [-0.39, 0.29) is 18.1 Å². The number of halogens is 1. The highest BCUT2D eigenvalue weighted by Gasteiger charge is 2.43. The molecule has 2 heterocycles. The lowest BCUT2D eigenvalue weighted by molar-refractivity contribution is -0.117. The molecule has 2 aromatic rings. The number of aromatic nitrogens is 3. The Labute approximate surface area is 213 Å². The van der Waals surface area contributed by atoms with E-state index in [1.165, 1.54) is 6.33 Å². The summed E-state index contributed by atoms with van der Waals surface area (Å²) in [6.45, 7) is 11.7. The summed E-state index contributed by atoms with van der Waals surface area (Å²) in [6.07, 6.45) is 11.1. The number of amides is 1. The van der Waals surface area contributed by atoms with E-state index in [4.69, 9.17) is 0 Å². The minimum absolute atomic E-state index is 0.00765. The normalized spacial score (nSPS) is 17.3. The Morgan fingerprint density at radius 2 is 1.83 bits per heavy atom. The summed E-state index contributed by atoms with van der Waals surface area (Å²) < 4.78 is 13.2. The van der Waals surface area contributed by atoms with Crippen molar-refractivity contribution in [2.45, 2.75) is 67.0 Å². The van der Waals surface area contributed by atoms with Gasteiger partial charge in [-0.2, -0.15) is 0 Å². The minimum atomic E-state index is -1.08. The fraction of sp³-hybridized carbons (Fsp3) is 0.393. The van der Waals surface area contributed by atoms with Crippen LogP contribution in [0.25, 0.3) is 5.57 Å². The lowest BCUT2D eigenvalue weighted by Crippen LogP contribution is -2.16. The van der Waals surface area contributed by atoms with Crippen LogP contribution in [0.4, 0.5) is 15.9 Å². The van der Waals surface area contributed by atoms with Crippen molar-refractivity contribution >= 4 is 28.8 Å². The van der Waals surface area contributed by atoms with Crippen molar-refractivity contribution in [2.75, 3.05) is 10.6 Å². The van der Waals surface area contributed by atoms with Crippen LogP contribution in [0.15, 0.2) is 54.7 Å². The van der Waals surface area contributed by atoms with Gasteiger partial charge in [0, 0.05) is 23.8 Å². The third-order valence-corrected chi connectivity index (χ3v) is 5.38. The maximum absolute atomic E-state index is 13.2. The predicted octanol–water partition coefficient (Wildman–Crippen LogP) is 6.46. The summed E-state index contributed by atoms with van der Waals surface area (Å²) in [6, 6.07) is 3.45. The number of allylic oxidation sites excluding steroid dienone is 5. The van der Waals surface area contributed by atoms with Gasteiger partial charge in [0.1, 0.15) is 24.0 Å². The lowest BCUT2D eigenvalue weighted by Gasteiger charge is -2.17. The van der Waals surface area contributed by atoms with Crippen molar-refractivity contribution in [3.8, 4) is 0 Å². The Kier molecular flexibility index (Phi) is 11.1. The number of aryl methyl sites for hydroxylation is 1. The first-order valence-electron chi connectivity index (χ1n) is 12.5. The average molecular weight is 494 g/mol. The Bertz CT molecular complexity index is 1160. The highest BCUT2D eigenvalue weighted by molar-refractivity contribution is 5.95. The second-order valence-electron chi connectivity index (χ2n) is 8.05. The number of hydrogen-bond donors (Lipinski definition) is 2. The zero-order chi connectivity index (χ0) is 26.7. The first-order chi connectivity index (χ1) is 17.4. The van der Waals surface area contributed by atoms with Crippen molar-refractivity contribution in [1.82, 2.24) is 15.0 Å². The summed E-state index contributed by atoms with van der Waals surface area (Å²) in [7, 11) is 0. The summed E-state index contributed by atoms with van der Waals surface area (Å²) in [4.78, 5) is 37.0. The Hall–Kier alpha value is -3.68. The molecule has 3 rings (SSSR count). The molecule has 1 fully saturated rings. The Morgan fingerprint density at radius 1 is 1.11 bits per heavy atom. The van der Waals surface area contributed by atoms with Crippen LogP contribution in [-0.4, -0.2) is 32.8 Å². The maximum Gasteiger partial charge on any atom is 0.231 e. The van der Waals surface area contributed by atoms with Gasteiger partial charge >= 0.3 is 0 Å². The van der Waals surface area contributed by atoms with Crippen molar-refractivity contribution in [1.29, 1.82) is 0 Å². The summed E-state index contributed by atoms with van der Waals surface area (Å²) in [5, 5.41) is 6.10. The smallest absolute Gasteiger partial charge is 0.231 e. The van der Waals surface area contributed by atoms with Crippen LogP contribution in [0.2, 0.25) is 0 Å². The van der Waals surface area contributed by atoms with E-state index in [0.29, 0.717) is 23.6 Å². The molecule has 192 valence electrons. The molecule has 1 aliphatic carbocycles. The van der Waals surface area contributed by atoms with Crippen molar-refractivity contribution in [2.24, 2.45) is 5.92 Å². The molecular weight excluding hydrogens is 457 g/mol. The van der Waals surface area contributed by atoms with Crippen molar-refractivity contribution < 1.29 is 14.0 Å². The van der Waals surface area contributed by atoms with Crippen LogP contribution in [0.3, 0.4) is 0 Å². The fourth-order valence-corrected chi connectivity index (χ4v) is 3.34. The van der Waals surface area contributed by atoms with Crippen molar-refractivity contribution in [3.63, 3.8) is 0 Å². The molecule has 1 unspecified atom stereocenters. The molecule has 1 aliphatic rings. The van der Waals surface area contributed by atoms with E-state index in [1.807, 2.05) is 65.8 Å². The topological polar surface area (TPSA) is 96.9 Å². The molecule has 1 amide bonds. The third-order valence-electron chi connectivity index (χ3n) is 5.38. The molecule has 0 spiro atoms. The average Bonchev–Trinajstić information content (AvgIpc) is 3.63. The number of carbonyl (C=O) groups excluding carboxylic acids is 2. The molecular formula is C28H36FN5O2. The first kappa shape index (κ1) is 28.6. The van der Waals surface area contributed by atoms with Gasteiger partial charge in [0.25, 0.3) is 0 Å². The number of nitrogens with zero attached hydrogens (tertiary/aromatic N) is 3. The van der Waals surface area contributed by atoms with Gasteiger partial charge in [0.2, 0.25) is 5.91 Å². The second-order valence-corrected chi connectivity index (χ2v) is 8.05. The van der Waals surface area contributed by atoms with Gasteiger partial charge in [0.05, 0.1) is 23.5 Å². The van der Waals surface area contributed by atoms with Crippen LogP contribution in [0, 0.1) is 12.8 Å². The number of carbonyl (C=O) groups is 2. The zero-order valence-corrected chi connectivity index (χ0v) is 21.9. The molecule has 8 heteroatoms. The largest absolute Gasteiger partial charge is 0.354 e. The molecule has 0 bridgehead atoms. The summed E-state index contributed by atoms with van der Waals surface area (Å²) in [5.74, 6) is -0.660. The van der Waals surface area contributed by atoms with Crippen molar-refractivity contribution in [3.05, 3.63) is 71.6 Å². The van der Waals surface area contributed by atoms with E-state index >= 15 is 0 Å². The van der Waals surface area contributed by atoms with Crippen LogP contribution in [0.5, 0.6) is 0 Å². The molecule has 0 aromatic carbocycles. The van der Waals surface area contributed by atoms with E-state index in [0.717, 1.165) is 28.9 Å².